The van der Waals surface area contributed by atoms with E-state index in [4.69, 9.17) is 22.1 Å². The Labute approximate surface area is 78.2 Å². The molecule has 0 spiro atoms. The Morgan fingerprint density at radius 1 is 1.67 bits per heavy atom. The van der Waals surface area contributed by atoms with Crippen molar-refractivity contribution in [1.82, 2.24) is 0 Å². The first kappa shape index (κ1) is 11.7. The molecule has 0 saturated carbocycles. The molecule has 0 aliphatic heterocycles. The van der Waals surface area contributed by atoms with Crippen molar-refractivity contribution in [3.63, 3.8) is 0 Å². The number of alkyl halides is 1. The summed E-state index contributed by atoms with van der Waals surface area (Å²) in [5, 5.41) is 0. The SMILES string of the molecule is CCCCOC(=O)C(N)CCCl. The van der Waals surface area contributed by atoms with Crippen LogP contribution >= 0.6 is 11.6 Å². The molecule has 0 aliphatic carbocycles. The molecule has 1 unspecified atom stereocenters. The van der Waals surface area contributed by atoms with E-state index in [1.807, 2.05) is 6.92 Å². The van der Waals surface area contributed by atoms with E-state index in [-0.39, 0.29) is 5.97 Å². The highest BCUT2D eigenvalue weighted by atomic mass is 35.5. The van der Waals surface area contributed by atoms with E-state index in [0.717, 1.165) is 12.8 Å². The van der Waals surface area contributed by atoms with Gasteiger partial charge in [0, 0.05) is 5.88 Å². The molecule has 0 bridgehead atoms. The zero-order valence-electron chi connectivity index (χ0n) is 7.38. The molecular formula is C8H16ClNO2. The standard InChI is InChI=1S/C8H16ClNO2/c1-2-3-6-12-8(11)7(10)4-5-9/h7H,2-6,10H2,1H3. The van der Waals surface area contributed by atoms with Gasteiger partial charge in [0.2, 0.25) is 0 Å². The monoisotopic (exact) mass is 193 g/mol. The van der Waals surface area contributed by atoms with Crippen LogP contribution in [0.1, 0.15) is 26.2 Å². The summed E-state index contributed by atoms with van der Waals surface area (Å²) in [6, 6.07) is -0.556. The van der Waals surface area contributed by atoms with Crippen molar-refractivity contribution < 1.29 is 9.53 Å². The molecule has 0 aromatic rings. The summed E-state index contributed by atoms with van der Waals surface area (Å²) in [7, 11) is 0. The molecule has 0 saturated heterocycles. The second-order valence-electron chi connectivity index (χ2n) is 2.61. The Hall–Kier alpha value is -0.280. The molecule has 4 heteroatoms. The molecule has 1 atom stereocenters. The number of ether oxygens (including phenoxy) is 1. The van der Waals surface area contributed by atoms with Crippen LogP contribution in [-0.4, -0.2) is 24.5 Å². The lowest BCUT2D eigenvalue weighted by atomic mass is 10.2. The van der Waals surface area contributed by atoms with Gasteiger partial charge in [0.1, 0.15) is 6.04 Å². The van der Waals surface area contributed by atoms with Crippen molar-refractivity contribution in [2.75, 3.05) is 12.5 Å². The molecule has 0 rings (SSSR count). The lowest BCUT2D eigenvalue weighted by molar-refractivity contribution is -0.145. The fourth-order valence-corrected chi connectivity index (χ4v) is 0.895. The molecule has 72 valence electrons. The van der Waals surface area contributed by atoms with Crippen LogP contribution in [0.2, 0.25) is 0 Å². The molecule has 12 heavy (non-hydrogen) atoms. The molecule has 0 aromatic carbocycles. The number of nitrogens with two attached hydrogens (primary N) is 1. The Morgan fingerprint density at radius 3 is 2.83 bits per heavy atom. The van der Waals surface area contributed by atoms with Crippen molar-refractivity contribution in [3.05, 3.63) is 0 Å². The maximum absolute atomic E-state index is 11.0. The van der Waals surface area contributed by atoms with Gasteiger partial charge in [-0.3, -0.25) is 4.79 Å². The van der Waals surface area contributed by atoms with Crippen molar-refractivity contribution in [2.24, 2.45) is 5.73 Å². The Kier molecular flexibility index (Phi) is 7.20. The van der Waals surface area contributed by atoms with E-state index in [1.54, 1.807) is 0 Å². The number of halogens is 1. The first-order valence-corrected chi connectivity index (χ1v) is 4.74. The van der Waals surface area contributed by atoms with Gasteiger partial charge in [-0.2, -0.15) is 0 Å². The highest BCUT2D eigenvalue weighted by molar-refractivity contribution is 6.18. The number of hydrogen-bond donors (Lipinski definition) is 1. The van der Waals surface area contributed by atoms with E-state index in [1.165, 1.54) is 0 Å². The third-order valence-electron chi connectivity index (χ3n) is 1.47. The molecule has 2 N–H and O–H groups in total. The fraction of sp³-hybridized carbons (Fsp3) is 0.875. The lowest BCUT2D eigenvalue weighted by Crippen LogP contribution is -2.32. The molecule has 0 aromatic heterocycles. The maximum Gasteiger partial charge on any atom is 0.322 e. The van der Waals surface area contributed by atoms with Crippen molar-refractivity contribution >= 4 is 17.6 Å². The fourth-order valence-electron chi connectivity index (χ4n) is 0.660. The third kappa shape index (κ3) is 5.38. The highest BCUT2D eigenvalue weighted by Gasteiger charge is 2.13. The van der Waals surface area contributed by atoms with Gasteiger partial charge in [-0.1, -0.05) is 13.3 Å². The number of unbranched alkanes of at least 4 members (excludes halogenated alkanes) is 1. The van der Waals surface area contributed by atoms with E-state index in [0.29, 0.717) is 18.9 Å². The molecule has 0 fully saturated rings. The summed E-state index contributed by atoms with van der Waals surface area (Å²) in [5.74, 6) is 0.0495. The van der Waals surface area contributed by atoms with Crippen LogP contribution < -0.4 is 5.73 Å². The van der Waals surface area contributed by atoms with Crippen LogP contribution in [-0.2, 0) is 9.53 Å². The van der Waals surface area contributed by atoms with Gasteiger partial charge in [0.05, 0.1) is 6.61 Å². The van der Waals surface area contributed by atoms with Crippen LogP contribution in [0.15, 0.2) is 0 Å². The predicted molar refractivity (Wildman–Crippen MR) is 49.2 cm³/mol. The molecule has 3 nitrogen and oxygen atoms in total. The topological polar surface area (TPSA) is 52.3 Å². The predicted octanol–water partition coefficient (Wildman–Crippen LogP) is 1.29. The zero-order valence-corrected chi connectivity index (χ0v) is 8.14. The Balaban J connectivity index is 3.43. The van der Waals surface area contributed by atoms with Gasteiger partial charge in [0.15, 0.2) is 0 Å². The molecule has 0 amide bonds. The van der Waals surface area contributed by atoms with Gasteiger partial charge in [-0.25, -0.2) is 0 Å². The largest absolute Gasteiger partial charge is 0.465 e. The number of rotatable bonds is 6. The number of hydrogen-bond acceptors (Lipinski definition) is 3. The maximum atomic E-state index is 11.0. The van der Waals surface area contributed by atoms with E-state index in [9.17, 15) is 4.79 Å². The first-order chi connectivity index (χ1) is 5.72. The van der Waals surface area contributed by atoms with Gasteiger partial charge in [0.25, 0.3) is 0 Å². The van der Waals surface area contributed by atoms with Crippen LogP contribution in [0.4, 0.5) is 0 Å². The molecular weight excluding hydrogens is 178 g/mol. The van der Waals surface area contributed by atoms with Crippen molar-refractivity contribution in [1.29, 1.82) is 0 Å². The average molecular weight is 194 g/mol. The second kappa shape index (κ2) is 7.37. The van der Waals surface area contributed by atoms with E-state index < -0.39 is 6.04 Å². The van der Waals surface area contributed by atoms with Crippen LogP contribution in [0.5, 0.6) is 0 Å². The summed E-state index contributed by atoms with van der Waals surface area (Å²) in [6.07, 6.45) is 2.38. The number of esters is 1. The van der Waals surface area contributed by atoms with Crippen LogP contribution in [0, 0.1) is 0 Å². The second-order valence-corrected chi connectivity index (χ2v) is 2.98. The summed E-state index contributed by atoms with van der Waals surface area (Å²) >= 11 is 5.41. The van der Waals surface area contributed by atoms with Crippen molar-refractivity contribution in [2.45, 2.75) is 32.2 Å². The Morgan fingerprint density at radius 2 is 2.33 bits per heavy atom. The van der Waals surface area contributed by atoms with Crippen LogP contribution in [0.25, 0.3) is 0 Å². The zero-order chi connectivity index (χ0) is 9.40. The third-order valence-corrected chi connectivity index (χ3v) is 1.68. The summed E-state index contributed by atoms with van der Waals surface area (Å²) in [6.45, 7) is 2.50. The highest BCUT2D eigenvalue weighted by Crippen LogP contribution is 1.96. The average Bonchev–Trinajstić information content (AvgIpc) is 2.05. The first-order valence-electron chi connectivity index (χ1n) is 4.20. The summed E-state index contributed by atoms with van der Waals surface area (Å²) in [5.41, 5.74) is 5.45. The van der Waals surface area contributed by atoms with E-state index in [2.05, 4.69) is 0 Å². The summed E-state index contributed by atoms with van der Waals surface area (Å²) < 4.78 is 4.87. The van der Waals surface area contributed by atoms with Gasteiger partial charge in [-0.15, -0.1) is 11.6 Å². The molecule has 0 radical (unpaired) electrons. The number of carbonyl (C=O) groups excluding carboxylic acids is 1. The van der Waals surface area contributed by atoms with Crippen molar-refractivity contribution in [3.8, 4) is 0 Å². The normalized spacial score (nSPS) is 12.6. The van der Waals surface area contributed by atoms with Gasteiger partial charge < -0.3 is 10.5 Å². The van der Waals surface area contributed by atoms with Crippen LogP contribution in [0.3, 0.4) is 0 Å². The van der Waals surface area contributed by atoms with Gasteiger partial charge >= 0.3 is 5.97 Å². The smallest absolute Gasteiger partial charge is 0.322 e. The Bertz CT molecular complexity index is 130. The lowest BCUT2D eigenvalue weighted by Gasteiger charge is -2.08. The van der Waals surface area contributed by atoms with Gasteiger partial charge in [-0.05, 0) is 12.8 Å². The minimum absolute atomic E-state index is 0.343. The minimum Gasteiger partial charge on any atom is -0.465 e. The van der Waals surface area contributed by atoms with E-state index >= 15 is 0 Å². The number of carbonyl (C=O) groups is 1. The quantitative estimate of drug-likeness (QED) is 0.393. The minimum atomic E-state index is -0.556. The molecule has 0 aliphatic rings. The molecule has 0 heterocycles. The summed E-state index contributed by atoms with van der Waals surface area (Å²) in [4.78, 5) is 11.0.